The van der Waals surface area contributed by atoms with Crippen LogP contribution < -0.4 is 0 Å². The Kier molecular flexibility index (Phi) is 5.45. The Bertz CT molecular complexity index is 1320. The average Bonchev–Trinajstić information content (AvgIpc) is 3.36. The molecular weight excluding hydrogens is 506 g/mol. The first-order chi connectivity index (χ1) is 19.3. The van der Waals surface area contributed by atoms with Crippen LogP contribution in [0, 0.1) is 35.5 Å². The molecule has 2 N–H and O–H groups in total. The van der Waals surface area contributed by atoms with Crippen molar-refractivity contribution >= 4 is 5.97 Å². The first-order valence-electron chi connectivity index (χ1n) is 15.4. The Balaban J connectivity index is 1.25. The number of aliphatic hydroxyl groups is 2. The number of hydrogen-bond donors (Lipinski definition) is 2. The molecule has 3 saturated heterocycles. The monoisotopic (exact) mass is 547 g/mol. The standard InChI is InChI=1S/C33H41NO6/c1-17-6-7-19-8-9-21-15-24-20-10-12-32(11-4-5-26(34(24)32)33(21,37)23(19)13-17)27-18(2)28(39-25(27)14-20)30-29(38-3)22(16-35)31(36)40-30/h7,10,12,14,17-18,20-21,23-24,26-27,35,37H,4-6,8-9,11,13,15-16H2,1-3H3. The minimum atomic E-state index is -0.700. The number of carbonyl (C=O) groups excluding carboxylic acids is 1. The lowest BCUT2D eigenvalue weighted by Crippen LogP contribution is -2.77. The zero-order chi connectivity index (χ0) is 27.6. The number of piperidine rings is 2. The van der Waals surface area contributed by atoms with Crippen LogP contribution in [0.25, 0.3) is 0 Å². The molecular formula is C33H41NO6. The Labute approximate surface area is 236 Å². The molecule has 7 heteroatoms. The van der Waals surface area contributed by atoms with Crippen LogP contribution in [-0.4, -0.2) is 58.0 Å². The third-order valence-electron chi connectivity index (χ3n) is 12.1. The second-order valence-corrected chi connectivity index (χ2v) is 13.8. The summed E-state index contributed by atoms with van der Waals surface area (Å²) >= 11 is 0. The van der Waals surface area contributed by atoms with Gasteiger partial charge in [0.25, 0.3) is 0 Å². The second kappa shape index (κ2) is 8.59. The number of cyclic esters (lactones) is 1. The zero-order valence-electron chi connectivity index (χ0n) is 23.8. The minimum Gasteiger partial charge on any atom is -0.492 e. The highest BCUT2D eigenvalue weighted by molar-refractivity contribution is 5.94. The Morgan fingerprint density at radius 2 is 2.05 bits per heavy atom. The fourth-order valence-electron chi connectivity index (χ4n) is 10.5. The Morgan fingerprint density at radius 3 is 2.85 bits per heavy atom. The molecule has 214 valence electrons. The summed E-state index contributed by atoms with van der Waals surface area (Å²) in [6, 6.07) is 0.477. The van der Waals surface area contributed by atoms with Crippen LogP contribution in [0.1, 0.15) is 65.2 Å². The minimum absolute atomic E-state index is 0.0445. The predicted molar refractivity (Wildman–Crippen MR) is 147 cm³/mol. The molecule has 7 nitrogen and oxygen atoms in total. The molecule has 6 heterocycles. The summed E-state index contributed by atoms with van der Waals surface area (Å²) in [6.45, 7) is 4.06. The van der Waals surface area contributed by atoms with E-state index >= 15 is 0 Å². The van der Waals surface area contributed by atoms with Crippen molar-refractivity contribution in [2.45, 2.75) is 88.4 Å². The van der Waals surface area contributed by atoms with Crippen molar-refractivity contribution < 1.29 is 29.2 Å². The number of esters is 1. The molecule has 6 aliphatic heterocycles. The van der Waals surface area contributed by atoms with E-state index in [1.54, 1.807) is 0 Å². The fourth-order valence-corrected chi connectivity index (χ4v) is 10.5. The van der Waals surface area contributed by atoms with E-state index in [4.69, 9.17) is 14.2 Å². The molecule has 1 spiro atoms. The van der Waals surface area contributed by atoms with Gasteiger partial charge in [-0.3, -0.25) is 4.90 Å². The van der Waals surface area contributed by atoms with Crippen molar-refractivity contribution in [3.63, 3.8) is 0 Å². The molecule has 1 saturated carbocycles. The van der Waals surface area contributed by atoms with E-state index in [-0.39, 0.29) is 46.6 Å². The van der Waals surface area contributed by atoms with E-state index < -0.39 is 18.2 Å². The van der Waals surface area contributed by atoms with Gasteiger partial charge in [-0.15, -0.1) is 0 Å². The second-order valence-electron chi connectivity index (χ2n) is 13.8. The summed E-state index contributed by atoms with van der Waals surface area (Å²) in [5.74, 6) is 2.94. The lowest BCUT2D eigenvalue weighted by molar-refractivity contribution is -0.222. The SMILES string of the molecule is COC1=C(CO)C(=O)OC1=C1OC2=CC3C=CC4(CCCC5N4C3CC3CCC4=CCC(C)CC4C35O)C2C1C. The third kappa shape index (κ3) is 3.04. The number of aliphatic hydroxyl groups excluding tert-OH is 1. The number of nitrogens with zero attached hydrogens (tertiary/aromatic N) is 1. The summed E-state index contributed by atoms with van der Waals surface area (Å²) in [5.41, 5.74) is 0.672. The molecule has 0 aromatic rings. The van der Waals surface area contributed by atoms with Gasteiger partial charge in [0, 0.05) is 35.8 Å². The molecule has 0 radical (unpaired) electrons. The topological polar surface area (TPSA) is 88.5 Å². The van der Waals surface area contributed by atoms with Crippen LogP contribution >= 0.6 is 0 Å². The van der Waals surface area contributed by atoms with E-state index in [9.17, 15) is 15.0 Å². The molecule has 0 aromatic heterocycles. The van der Waals surface area contributed by atoms with Crippen LogP contribution in [0.3, 0.4) is 0 Å². The Morgan fingerprint density at radius 1 is 1.20 bits per heavy atom. The van der Waals surface area contributed by atoms with Gasteiger partial charge >= 0.3 is 5.97 Å². The highest BCUT2D eigenvalue weighted by Gasteiger charge is 2.68. The van der Waals surface area contributed by atoms with E-state index in [0.717, 1.165) is 57.1 Å². The van der Waals surface area contributed by atoms with Gasteiger partial charge < -0.3 is 24.4 Å². The normalized spacial score (nSPS) is 48.8. The fraction of sp³-hybridized carbons (Fsp3) is 0.667. The number of ether oxygens (including phenoxy) is 3. The highest BCUT2D eigenvalue weighted by atomic mass is 16.6. The lowest BCUT2D eigenvalue weighted by atomic mass is 9.52. The largest absolute Gasteiger partial charge is 0.492 e. The number of allylic oxidation sites excluding steroid dienone is 2. The summed E-state index contributed by atoms with van der Waals surface area (Å²) in [5, 5.41) is 22.8. The molecule has 0 aromatic carbocycles. The van der Waals surface area contributed by atoms with Gasteiger partial charge in [0.05, 0.1) is 24.9 Å². The number of hydrogen-bond acceptors (Lipinski definition) is 7. The van der Waals surface area contributed by atoms with Gasteiger partial charge in [-0.25, -0.2) is 4.79 Å². The van der Waals surface area contributed by atoms with Crippen LogP contribution in [0.2, 0.25) is 0 Å². The van der Waals surface area contributed by atoms with Crippen molar-refractivity contribution in [1.29, 1.82) is 0 Å². The third-order valence-corrected chi connectivity index (χ3v) is 12.1. The maximum absolute atomic E-state index is 13.0. The summed E-state index contributed by atoms with van der Waals surface area (Å²) in [7, 11) is 1.49. The summed E-state index contributed by atoms with van der Waals surface area (Å²) < 4.78 is 17.9. The first kappa shape index (κ1) is 25.4. The quantitative estimate of drug-likeness (QED) is 0.389. The molecule has 2 bridgehead atoms. The number of carbonyl (C=O) groups is 1. The number of fused-ring (bicyclic) bond motifs is 4. The predicted octanol–water partition coefficient (Wildman–Crippen LogP) is 4.49. The average molecular weight is 548 g/mol. The van der Waals surface area contributed by atoms with E-state index in [1.165, 1.54) is 12.7 Å². The van der Waals surface area contributed by atoms with Gasteiger partial charge in [-0.1, -0.05) is 37.6 Å². The van der Waals surface area contributed by atoms with Crippen LogP contribution in [0.15, 0.2) is 58.5 Å². The zero-order valence-corrected chi connectivity index (χ0v) is 23.8. The molecule has 10 unspecified atom stereocenters. The molecule has 3 aliphatic carbocycles. The van der Waals surface area contributed by atoms with Crippen molar-refractivity contribution in [1.82, 2.24) is 4.90 Å². The molecule has 9 aliphatic rings. The number of methoxy groups -OCH3 is 1. The lowest BCUT2D eigenvalue weighted by Gasteiger charge is -2.68. The van der Waals surface area contributed by atoms with Gasteiger partial charge in [-0.05, 0) is 69.3 Å². The van der Waals surface area contributed by atoms with Crippen molar-refractivity contribution in [3.8, 4) is 0 Å². The molecule has 10 atom stereocenters. The van der Waals surface area contributed by atoms with Crippen LogP contribution in [-0.2, 0) is 19.0 Å². The van der Waals surface area contributed by atoms with Gasteiger partial charge in [0.2, 0.25) is 5.76 Å². The smallest absolute Gasteiger partial charge is 0.345 e. The summed E-state index contributed by atoms with van der Waals surface area (Å²) in [6.07, 6.45) is 18.2. The van der Waals surface area contributed by atoms with Gasteiger partial charge in [0.1, 0.15) is 11.3 Å². The van der Waals surface area contributed by atoms with E-state index in [0.29, 0.717) is 29.4 Å². The van der Waals surface area contributed by atoms with Crippen molar-refractivity contribution in [3.05, 3.63) is 58.5 Å². The highest BCUT2D eigenvalue weighted by Crippen LogP contribution is 2.64. The van der Waals surface area contributed by atoms with Crippen LogP contribution in [0.5, 0.6) is 0 Å². The van der Waals surface area contributed by atoms with E-state index in [2.05, 4.69) is 43.1 Å². The number of rotatable bonds is 2. The maximum Gasteiger partial charge on any atom is 0.345 e. The van der Waals surface area contributed by atoms with Crippen LogP contribution in [0.4, 0.5) is 0 Å². The molecule has 0 amide bonds. The van der Waals surface area contributed by atoms with Crippen molar-refractivity contribution in [2.24, 2.45) is 35.5 Å². The molecule has 40 heavy (non-hydrogen) atoms. The molecule has 4 fully saturated rings. The van der Waals surface area contributed by atoms with Gasteiger partial charge in [-0.2, -0.15) is 0 Å². The van der Waals surface area contributed by atoms with Crippen molar-refractivity contribution in [2.75, 3.05) is 13.7 Å². The first-order valence-corrected chi connectivity index (χ1v) is 15.4. The molecule has 9 rings (SSSR count). The Hall–Kier alpha value is -2.35. The maximum atomic E-state index is 13.0. The van der Waals surface area contributed by atoms with E-state index in [1.807, 2.05) is 0 Å². The summed E-state index contributed by atoms with van der Waals surface area (Å²) in [4.78, 5) is 15.3. The van der Waals surface area contributed by atoms with Gasteiger partial charge in [0.15, 0.2) is 11.5 Å².